The molecule has 1 N–H and O–H groups in total. The Balaban J connectivity index is 1.40. The zero-order valence-corrected chi connectivity index (χ0v) is 23.7. The van der Waals surface area contributed by atoms with Crippen LogP contribution in [0, 0.1) is 5.92 Å². The molecule has 2 saturated heterocycles. The lowest BCUT2D eigenvalue weighted by molar-refractivity contribution is -0.0298. The number of amides is 1. The van der Waals surface area contributed by atoms with Gasteiger partial charge in [-0.2, -0.15) is 4.98 Å². The standard InChI is InChI=1S/C28H39BN6O4/c1-28(2,3)39-27(36)30-16-18-10-12-34(13-11-18)26-32-23(19-8-9-21(37-4)20(29)15-19)24-25(33-26)35(17-31-24)22-7-5-6-14-38-22/h8-9,15,17-18,22H,5-7,10-14,16,29H2,1-4H3,(H,30,36). The van der Waals surface area contributed by atoms with Crippen molar-refractivity contribution in [2.75, 3.05) is 38.3 Å². The highest BCUT2D eigenvalue weighted by Crippen LogP contribution is 2.32. The van der Waals surface area contributed by atoms with Gasteiger partial charge in [-0.3, -0.25) is 4.57 Å². The van der Waals surface area contributed by atoms with Crippen molar-refractivity contribution in [1.29, 1.82) is 0 Å². The Morgan fingerprint density at radius 1 is 1.18 bits per heavy atom. The molecule has 2 aliphatic rings. The second-order valence-corrected chi connectivity index (χ2v) is 11.5. The van der Waals surface area contributed by atoms with Crippen LogP contribution in [0.3, 0.4) is 0 Å². The van der Waals surface area contributed by atoms with Gasteiger partial charge < -0.3 is 24.4 Å². The van der Waals surface area contributed by atoms with E-state index in [1.54, 1.807) is 7.11 Å². The third kappa shape index (κ3) is 6.29. The maximum Gasteiger partial charge on any atom is 0.407 e. The maximum atomic E-state index is 12.1. The minimum atomic E-state index is -0.501. The summed E-state index contributed by atoms with van der Waals surface area (Å²) in [5, 5.41) is 2.93. The number of carbonyl (C=O) groups excluding carboxylic acids is 1. The number of aromatic nitrogens is 4. The molecule has 10 nitrogen and oxygen atoms in total. The van der Waals surface area contributed by atoms with Crippen molar-refractivity contribution < 1.29 is 19.0 Å². The van der Waals surface area contributed by atoms with Gasteiger partial charge in [-0.1, -0.05) is 6.07 Å². The first kappa shape index (κ1) is 27.2. The SMILES string of the molecule is Bc1cc(-c2nc(N3CCC(CNC(=O)OC(C)(C)C)CC3)nc3c2ncn3C2CCCCO2)ccc1OC. The van der Waals surface area contributed by atoms with E-state index in [1.165, 1.54) is 0 Å². The summed E-state index contributed by atoms with van der Waals surface area (Å²) in [4.78, 5) is 29.2. The molecule has 0 bridgehead atoms. The van der Waals surface area contributed by atoms with Crippen LogP contribution in [0.15, 0.2) is 24.5 Å². The highest BCUT2D eigenvalue weighted by molar-refractivity contribution is 6.34. The van der Waals surface area contributed by atoms with E-state index in [0.29, 0.717) is 18.4 Å². The van der Waals surface area contributed by atoms with Crippen molar-refractivity contribution in [2.45, 2.75) is 64.7 Å². The molecule has 1 aromatic carbocycles. The molecule has 1 unspecified atom stereocenters. The first-order chi connectivity index (χ1) is 18.7. The van der Waals surface area contributed by atoms with E-state index in [-0.39, 0.29) is 12.3 Å². The Morgan fingerprint density at radius 2 is 1.97 bits per heavy atom. The summed E-state index contributed by atoms with van der Waals surface area (Å²) in [6.07, 6.45) is 6.41. The van der Waals surface area contributed by atoms with Crippen LogP contribution in [0.2, 0.25) is 0 Å². The van der Waals surface area contributed by atoms with E-state index >= 15 is 0 Å². The molecule has 0 saturated carbocycles. The van der Waals surface area contributed by atoms with Gasteiger partial charge in [0.15, 0.2) is 5.65 Å². The van der Waals surface area contributed by atoms with E-state index in [0.717, 1.165) is 85.4 Å². The van der Waals surface area contributed by atoms with Crippen LogP contribution >= 0.6 is 0 Å². The van der Waals surface area contributed by atoms with Gasteiger partial charge in [0.05, 0.1) is 13.4 Å². The van der Waals surface area contributed by atoms with E-state index in [9.17, 15) is 4.79 Å². The minimum Gasteiger partial charge on any atom is -0.497 e. The molecule has 208 valence electrons. The van der Waals surface area contributed by atoms with Crippen LogP contribution in [0.25, 0.3) is 22.4 Å². The van der Waals surface area contributed by atoms with Gasteiger partial charge in [0.1, 0.15) is 36.6 Å². The van der Waals surface area contributed by atoms with E-state index in [2.05, 4.69) is 20.9 Å². The zero-order chi connectivity index (χ0) is 27.6. The van der Waals surface area contributed by atoms with Crippen LogP contribution < -0.4 is 20.4 Å². The number of imidazole rings is 1. The third-order valence-electron chi connectivity index (χ3n) is 7.38. The van der Waals surface area contributed by atoms with Crippen molar-refractivity contribution in [2.24, 2.45) is 5.92 Å². The molecule has 2 aromatic heterocycles. The largest absolute Gasteiger partial charge is 0.497 e. The molecule has 39 heavy (non-hydrogen) atoms. The minimum absolute atomic E-state index is 0.0679. The number of methoxy groups -OCH3 is 1. The third-order valence-corrected chi connectivity index (χ3v) is 7.38. The lowest BCUT2D eigenvalue weighted by Gasteiger charge is -2.32. The average molecular weight is 534 g/mol. The molecule has 4 heterocycles. The molecule has 0 aliphatic carbocycles. The number of piperidine rings is 1. The van der Waals surface area contributed by atoms with Crippen molar-refractivity contribution in [3.63, 3.8) is 0 Å². The number of rotatable bonds is 6. The number of anilines is 1. The first-order valence-corrected chi connectivity index (χ1v) is 13.9. The number of ether oxygens (including phenoxy) is 3. The van der Waals surface area contributed by atoms with Crippen molar-refractivity contribution in [3.8, 4) is 17.0 Å². The van der Waals surface area contributed by atoms with Gasteiger partial charge in [-0.15, -0.1) is 0 Å². The molecule has 2 aliphatic heterocycles. The van der Waals surface area contributed by atoms with Crippen LogP contribution in [0.5, 0.6) is 5.75 Å². The number of alkyl carbamates (subject to hydrolysis) is 1. The summed E-state index contributed by atoms with van der Waals surface area (Å²) in [6, 6.07) is 6.10. The lowest BCUT2D eigenvalue weighted by Crippen LogP contribution is -2.40. The summed E-state index contributed by atoms with van der Waals surface area (Å²) >= 11 is 0. The van der Waals surface area contributed by atoms with Crippen LogP contribution in [0.1, 0.15) is 59.1 Å². The lowest BCUT2D eigenvalue weighted by atomic mass is 9.92. The number of nitrogens with one attached hydrogen (secondary N) is 1. The predicted octanol–water partition coefficient (Wildman–Crippen LogP) is 3.20. The summed E-state index contributed by atoms with van der Waals surface area (Å²) < 4.78 is 19.0. The number of nitrogens with zero attached hydrogens (tertiary/aromatic N) is 5. The Bertz CT molecular complexity index is 1310. The number of hydrogen-bond donors (Lipinski definition) is 1. The van der Waals surface area contributed by atoms with Crippen molar-refractivity contribution in [3.05, 3.63) is 24.5 Å². The Labute approximate surface area is 230 Å². The molecule has 11 heteroatoms. The fourth-order valence-electron chi connectivity index (χ4n) is 5.31. The normalized spacial score (nSPS) is 18.8. The second kappa shape index (κ2) is 11.4. The van der Waals surface area contributed by atoms with Gasteiger partial charge in [0.2, 0.25) is 5.95 Å². The average Bonchev–Trinajstić information content (AvgIpc) is 3.35. The molecule has 3 aromatic rings. The Kier molecular flexibility index (Phi) is 7.97. The van der Waals surface area contributed by atoms with Gasteiger partial charge in [-0.25, -0.2) is 14.8 Å². The number of carbonyl (C=O) groups is 1. The summed E-state index contributed by atoms with van der Waals surface area (Å²) in [7, 11) is 3.72. The van der Waals surface area contributed by atoms with Crippen molar-refractivity contribution >= 4 is 36.5 Å². The van der Waals surface area contributed by atoms with E-state index < -0.39 is 5.60 Å². The Hall–Kier alpha value is -3.34. The summed E-state index contributed by atoms with van der Waals surface area (Å²) in [5.41, 5.74) is 3.89. The highest BCUT2D eigenvalue weighted by Gasteiger charge is 2.26. The summed E-state index contributed by atoms with van der Waals surface area (Å²) in [6.45, 7) is 8.58. The van der Waals surface area contributed by atoms with Crippen LogP contribution in [0.4, 0.5) is 10.7 Å². The number of hydrogen-bond acceptors (Lipinski definition) is 8. The predicted molar refractivity (Wildman–Crippen MR) is 154 cm³/mol. The second-order valence-electron chi connectivity index (χ2n) is 11.5. The number of benzene rings is 1. The van der Waals surface area contributed by atoms with Gasteiger partial charge in [-0.05, 0) is 76.4 Å². The highest BCUT2D eigenvalue weighted by atomic mass is 16.6. The van der Waals surface area contributed by atoms with E-state index in [1.807, 2.05) is 47.1 Å². The monoisotopic (exact) mass is 534 g/mol. The van der Waals surface area contributed by atoms with Gasteiger partial charge in [0.25, 0.3) is 0 Å². The topological polar surface area (TPSA) is 104 Å². The Morgan fingerprint density at radius 3 is 2.64 bits per heavy atom. The van der Waals surface area contributed by atoms with Crippen LogP contribution in [-0.2, 0) is 9.47 Å². The molecular formula is C28H39BN6O4. The quantitative estimate of drug-likeness (QED) is 0.481. The fraction of sp³-hybridized carbons (Fsp3) is 0.571. The molecule has 0 radical (unpaired) electrons. The molecule has 1 atom stereocenters. The zero-order valence-electron chi connectivity index (χ0n) is 23.7. The van der Waals surface area contributed by atoms with E-state index in [4.69, 9.17) is 29.2 Å². The molecular weight excluding hydrogens is 495 g/mol. The molecule has 0 spiro atoms. The molecule has 2 fully saturated rings. The fourth-order valence-corrected chi connectivity index (χ4v) is 5.31. The van der Waals surface area contributed by atoms with Crippen molar-refractivity contribution in [1.82, 2.24) is 24.8 Å². The van der Waals surface area contributed by atoms with Gasteiger partial charge >= 0.3 is 6.09 Å². The summed E-state index contributed by atoms with van der Waals surface area (Å²) in [5.74, 6) is 1.91. The number of fused-ring (bicyclic) bond motifs is 1. The maximum absolute atomic E-state index is 12.1. The smallest absolute Gasteiger partial charge is 0.407 e. The first-order valence-electron chi connectivity index (χ1n) is 13.9. The van der Waals surface area contributed by atoms with Crippen LogP contribution in [-0.4, -0.2) is 72.4 Å². The molecule has 1 amide bonds. The van der Waals surface area contributed by atoms with Gasteiger partial charge in [0, 0.05) is 31.8 Å². The molecule has 5 rings (SSSR count).